The van der Waals surface area contributed by atoms with Gasteiger partial charge < -0.3 is 30.3 Å². The minimum absolute atomic E-state index is 0.107. The molecule has 0 unspecified atom stereocenters. The predicted octanol–water partition coefficient (Wildman–Crippen LogP) is 12.4. The summed E-state index contributed by atoms with van der Waals surface area (Å²) < 4.78 is 11.0. The SMILES string of the molecule is O=C(N[C@H]1Cc2ccccc2[C@@](O)(Cc2nnn(C(c3ccccc3)(c3ccccc3)c3ccccc3)n2)C1)OCc1ccccc1.O=C(N[C@H]1Cc2ccccc2[C@](O)(Cc2nnn(C(c3ccccc3)(c3ccccc3)c3ccccc3)n2)C1)OCc1ccccc1. The average Bonchev–Trinajstić information content (AvgIpc) is 1.32. The first-order valence-electron chi connectivity index (χ1n) is 31.6. The molecule has 2 heterocycles. The van der Waals surface area contributed by atoms with Gasteiger partial charge in [0.1, 0.15) is 13.2 Å². The molecule has 2 amide bonds. The maximum atomic E-state index is 12.8. The molecule has 2 aliphatic rings. The van der Waals surface area contributed by atoms with Crippen molar-refractivity contribution in [1.82, 2.24) is 51.0 Å². The highest BCUT2D eigenvalue weighted by atomic mass is 16.6. The Kier molecular flexibility index (Phi) is 18.2. The van der Waals surface area contributed by atoms with Crippen molar-refractivity contribution in [3.8, 4) is 0 Å². The number of tetrazole rings is 2. The molecule has 14 rings (SSSR count). The van der Waals surface area contributed by atoms with Crippen LogP contribution in [0.25, 0.3) is 0 Å². The monoisotopic (exact) mass is 1240 g/mol. The number of hydrogen-bond donors (Lipinski definition) is 4. The molecule has 2 aromatic heterocycles. The van der Waals surface area contributed by atoms with E-state index in [4.69, 9.17) is 19.7 Å². The van der Waals surface area contributed by atoms with Crippen molar-refractivity contribution in [1.29, 1.82) is 0 Å². The number of rotatable bonds is 18. The van der Waals surface area contributed by atoms with Crippen molar-refractivity contribution in [3.05, 3.63) is 370 Å². The van der Waals surface area contributed by atoms with E-state index in [1.54, 1.807) is 9.59 Å². The van der Waals surface area contributed by atoms with Gasteiger partial charge in [0.25, 0.3) is 0 Å². The number of alkyl carbamates (subject to hydrolysis) is 2. The summed E-state index contributed by atoms with van der Waals surface area (Å²) in [5, 5.41) is 59.0. The summed E-state index contributed by atoms with van der Waals surface area (Å²) in [5.41, 5.74) is 6.60. The van der Waals surface area contributed by atoms with Gasteiger partial charge in [0.2, 0.25) is 0 Å². The van der Waals surface area contributed by atoms with Crippen LogP contribution in [0.3, 0.4) is 0 Å². The van der Waals surface area contributed by atoms with Gasteiger partial charge in [0, 0.05) is 37.8 Å². The lowest BCUT2D eigenvalue weighted by molar-refractivity contribution is 0.00629. The first-order valence-corrected chi connectivity index (χ1v) is 31.6. The van der Waals surface area contributed by atoms with E-state index < -0.39 is 34.5 Å². The van der Waals surface area contributed by atoms with Crippen LogP contribution in [0.15, 0.2) is 291 Å². The molecular weight excluding hydrogens is 1170 g/mol. The molecule has 4 N–H and O–H groups in total. The topological polar surface area (TPSA) is 204 Å². The molecule has 16 nitrogen and oxygen atoms in total. The molecule has 468 valence electrons. The van der Waals surface area contributed by atoms with Crippen molar-refractivity contribution in [2.24, 2.45) is 0 Å². The second kappa shape index (κ2) is 27.7. The zero-order valence-electron chi connectivity index (χ0n) is 51.6. The van der Waals surface area contributed by atoms with Crippen molar-refractivity contribution >= 4 is 12.2 Å². The first-order chi connectivity index (χ1) is 46.1. The fraction of sp³-hybridized carbons (Fsp3) is 0.179. The van der Waals surface area contributed by atoms with Gasteiger partial charge >= 0.3 is 12.2 Å². The zero-order chi connectivity index (χ0) is 64.2. The van der Waals surface area contributed by atoms with Gasteiger partial charge in [-0.1, -0.05) is 291 Å². The van der Waals surface area contributed by atoms with Crippen LogP contribution in [-0.2, 0) is 70.7 Å². The molecule has 0 bridgehead atoms. The van der Waals surface area contributed by atoms with Gasteiger partial charge in [0.15, 0.2) is 22.7 Å². The lowest BCUT2D eigenvalue weighted by Gasteiger charge is -2.38. The standard InChI is InChI=1S/2C39H35N5O3/c2*45-37(47-28-29-15-5-1-6-16-29)40-34-25-30-17-13-14-24-35(30)38(46,26-34)27-36-41-43-44(42-36)39(31-18-7-2-8-19-31,32-20-9-3-10-21-32)33-22-11-4-12-23-33/h2*1-24,34,46H,25-28H2,(H,40,45)/t34-,38+;34-,38-/m00/s1. The molecule has 16 heteroatoms. The summed E-state index contributed by atoms with van der Waals surface area (Å²) in [6, 6.07) is 94.8. The maximum Gasteiger partial charge on any atom is 0.407 e. The van der Waals surface area contributed by atoms with Gasteiger partial charge in [-0.05, 0) is 90.0 Å². The number of aliphatic hydroxyl groups is 2. The normalized spacial score (nSPS) is 17.4. The number of fused-ring (bicyclic) bond motifs is 2. The van der Waals surface area contributed by atoms with Gasteiger partial charge in [-0.15, -0.1) is 30.0 Å². The number of benzene rings is 10. The van der Waals surface area contributed by atoms with Gasteiger partial charge in [0.05, 0.1) is 11.2 Å². The first kappa shape index (κ1) is 61.6. The van der Waals surface area contributed by atoms with E-state index in [2.05, 4.69) is 104 Å². The van der Waals surface area contributed by atoms with E-state index in [1.807, 2.05) is 218 Å². The molecule has 0 aliphatic heterocycles. The Labute approximate surface area is 545 Å². The van der Waals surface area contributed by atoms with Crippen molar-refractivity contribution < 1.29 is 29.3 Å². The number of nitrogens with one attached hydrogen (secondary N) is 2. The molecule has 0 fully saturated rings. The van der Waals surface area contributed by atoms with E-state index >= 15 is 0 Å². The van der Waals surface area contributed by atoms with E-state index in [-0.39, 0.29) is 51.0 Å². The van der Waals surface area contributed by atoms with Crippen LogP contribution in [0.1, 0.15) is 91.3 Å². The smallest absolute Gasteiger partial charge is 0.407 e. The van der Waals surface area contributed by atoms with E-state index in [0.717, 1.165) is 66.8 Å². The molecule has 0 saturated carbocycles. The fourth-order valence-corrected chi connectivity index (χ4v) is 13.6. The lowest BCUT2D eigenvalue weighted by atomic mass is 9.75. The Hall–Kier alpha value is -11.2. The summed E-state index contributed by atoms with van der Waals surface area (Å²) in [5.74, 6) is 0.781. The molecular formula is C78H70N10O6. The number of hydrogen-bond acceptors (Lipinski definition) is 12. The number of amides is 2. The molecule has 2 aliphatic carbocycles. The van der Waals surface area contributed by atoms with Crippen LogP contribution in [-0.4, -0.2) is 74.9 Å². The minimum Gasteiger partial charge on any atom is -0.445 e. The highest BCUT2D eigenvalue weighted by Gasteiger charge is 2.46. The van der Waals surface area contributed by atoms with E-state index in [1.165, 1.54) is 0 Å². The number of ether oxygens (including phenoxy) is 2. The Morgan fingerprint density at radius 1 is 0.394 bits per heavy atom. The molecule has 0 radical (unpaired) electrons. The van der Waals surface area contributed by atoms with E-state index in [9.17, 15) is 19.8 Å². The van der Waals surface area contributed by atoms with E-state index in [0.29, 0.717) is 24.5 Å². The summed E-state index contributed by atoms with van der Waals surface area (Å²) >= 11 is 0. The number of carbonyl (C=O) groups excluding carboxylic acids is 2. The highest BCUT2D eigenvalue weighted by Crippen LogP contribution is 2.44. The summed E-state index contributed by atoms with van der Waals surface area (Å²) in [7, 11) is 0. The number of aromatic nitrogens is 8. The maximum absolute atomic E-state index is 12.8. The number of carbonyl (C=O) groups is 2. The third-order valence-corrected chi connectivity index (χ3v) is 17.8. The lowest BCUT2D eigenvalue weighted by Crippen LogP contribution is -2.47. The van der Waals surface area contributed by atoms with Gasteiger partial charge in [-0.3, -0.25) is 0 Å². The van der Waals surface area contributed by atoms with Crippen molar-refractivity contribution in [3.63, 3.8) is 0 Å². The predicted molar refractivity (Wildman–Crippen MR) is 357 cm³/mol. The third kappa shape index (κ3) is 13.0. The second-order valence-electron chi connectivity index (χ2n) is 24.0. The summed E-state index contributed by atoms with van der Waals surface area (Å²) in [6.07, 6.45) is 0.827. The summed E-state index contributed by atoms with van der Waals surface area (Å²) in [6.45, 7) is 0.332. The largest absolute Gasteiger partial charge is 0.445 e. The molecule has 94 heavy (non-hydrogen) atoms. The highest BCUT2D eigenvalue weighted by molar-refractivity contribution is 5.68. The Bertz CT molecular complexity index is 3960. The van der Waals surface area contributed by atoms with Crippen LogP contribution < -0.4 is 10.6 Å². The minimum atomic E-state index is -1.35. The number of nitrogens with zero attached hydrogens (tertiary/aromatic N) is 8. The fourth-order valence-electron chi connectivity index (χ4n) is 13.6. The molecule has 10 aromatic carbocycles. The van der Waals surface area contributed by atoms with Crippen LogP contribution in [0, 0.1) is 0 Å². The van der Waals surface area contributed by atoms with Crippen molar-refractivity contribution in [2.45, 2.75) is 86.1 Å². The van der Waals surface area contributed by atoms with Crippen LogP contribution in [0.2, 0.25) is 0 Å². The molecule has 0 saturated heterocycles. The molecule has 0 spiro atoms. The Morgan fingerprint density at radius 2 is 0.660 bits per heavy atom. The average molecular weight is 1240 g/mol. The van der Waals surface area contributed by atoms with Gasteiger partial charge in [-0.25, -0.2) is 9.59 Å². The van der Waals surface area contributed by atoms with Crippen LogP contribution in [0.4, 0.5) is 9.59 Å². The van der Waals surface area contributed by atoms with Crippen LogP contribution >= 0.6 is 0 Å². The second-order valence-corrected chi connectivity index (χ2v) is 24.0. The van der Waals surface area contributed by atoms with Crippen LogP contribution in [0.5, 0.6) is 0 Å². The Morgan fingerprint density at radius 3 is 0.957 bits per heavy atom. The molecule has 12 aromatic rings. The summed E-state index contributed by atoms with van der Waals surface area (Å²) in [4.78, 5) is 29.0. The third-order valence-electron chi connectivity index (χ3n) is 17.8. The van der Waals surface area contributed by atoms with Crippen molar-refractivity contribution in [2.75, 3.05) is 0 Å². The molecule has 4 atom stereocenters. The quantitative estimate of drug-likeness (QED) is 0.0593. The Balaban J connectivity index is 0.000000171. The zero-order valence-corrected chi connectivity index (χ0v) is 51.6. The van der Waals surface area contributed by atoms with Gasteiger partial charge in [-0.2, -0.15) is 0 Å².